The Labute approximate surface area is 144 Å². The van der Waals surface area contributed by atoms with Gasteiger partial charge in [0.2, 0.25) is 11.1 Å². The number of benzene rings is 1. The van der Waals surface area contributed by atoms with Gasteiger partial charge in [-0.2, -0.15) is 4.68 Å². The molecule has 0 radical (unpaired) electrons. The molecule has 8 heteroatoms. The molecular weight excluding hydrogens is 329 g/mol. The molecule has 0 saturated carbocycles. The molecule has 24 heavy (non-hydrogen) atoms. The zero-order chi connectivity index (χ0) is 17.1. The van der Waals surface area contributed by atoms with E-state index in [0.29, 0.717) is 10.8 Å². The summed E-state index contributed by atoms with van der Waals surface area (Å²) in [4.78, 5) is 14.5. The highest BCUT2D eigenvalue weighted by Gasteiger charge is 2.29. The van der Waals surface area contributed by atoms with Gasteiger partial charge in [-0.1, -0.05) is 17.8 Å². The summed E-state index contributed by atoms with van der Waals surface area (Å²) in [5.41, 5.74) is 0.537. The van der Waals surface area contributed by atoms with E-state index in [9.17, 15) is 9.18 Å². The molecule has 0 unspecified atom stereocenters. The highest BCUT2D eigenvalue weighted by atomic mass is 32.2. The quantitative estimate of drug-likeness (QED) is 0.794. The van der Waals surface area contributed by atoms with Gasteiger partial charge in [0.15, 0.2) is 0 Å². The number of likely N-dealkylation sites (tertiary alicyclic amines) is 1. The van der Waals surface area contributed by atoms with Crippen molar-refractivity contribution >= 4 is 17.7 Å². The Morgan fingerprint density at radius 1 is 1.33 bits per heavy atom. The Morgan fingerprint density at radius 3 is 2.79 bits per heavy atom. The predicted octanol–water partition coefficient (Wildman–Crippen LogP) is 2.68. The first-order valence-electron chi connectivity index (χ1n) is 8.04. The topological polar surface area (TPSA) is 63.9 Å². The van der Waals surface area contributed by atoms with Crippen LogP contribution in [0, 0.1) is 5.82 Å². The minimum atomic E-state index is -0.356. The van der Waals surface area contributed by atoms with Crippen LogP contribution in [-0.2, 0) is 4.79 Å². The molecule has 1 aliphatic rings. The average Bonchev–Trinajstić information content (AvgIpc) is 3.01. The van der Waals surface area contributed by atoms with Crippen LogP contribution in [0.1, 0.15) is 33.1 Å². The van der Waals surface area contributed by atoms with Crippen LogP contribution in [0.15, 0.2) is 29.4 Å². The lowest BCUT2D eigenvalue weighted by Crippen LogP contribution is -2.48. The van der Waals surface area contributed by atoms with Crippen LogP contribution in [-0.4, -0.2) is 48.9 Å². The molecule has 0 N–H and O–H groups in total. The molecule has 0 bridgehead atoms. The van der Waals surface area contributed by atoms with Crippen LogP contribution in [0.3, 0.4) is 0 Å². The number of aromatic nitrogens is 4. The number of carbonyl (C=O) groups is 1. The second kappa shape index (κ2) is 7.29. The maximum Gasteiger partial charge on any atom is 0.233 e. The molecule has 2 heterocycles. The van der Waals surface area contributed by atoms with Gasteiger partial charge in [-0.3, -0.25) is 4.79 Å². The number of thioether (sulfide) groups is 1. The number of amides is 1. The normalized spacial score (nSPS) is 21.0. The van der Waals surface area contributed by atoms with Crippen LogP contribution in [0.5, 0.6) is 0 Å². The number of halogens is 1. The van der Waals surface area contributed by atoms with E-state index < -0.39 is 0 Å². The summed E-state index contributed by atoms with van der Waals surface area (Å²) in [5, 5.41) is 12.0. The van der Waals surface area contributed by atoms with E-state index in [1.807, 2.05) is 4.90 Å². The number of carbonyl (C=O) groups excluding carboxylic acids is 1. The molecule has 2 aromatic rings. The lowest BCUT2D eigenvalue weighted by Gasteiger charge is -2.39. The third-order valence-electron chi connectivity index (χ3n) is 4.30. The fourth-order valence-corrected chi connectivity index (χ4v) is 3.91. The van der Waals surface area contributed by atoms with E-state index in [0.717, 1.165) is 19.3 Å². The fraction of sp³-hybridized carbons (Fsp3) is 0.500. The third kappa shape index (κ3) is 3.58. The highest BCUT2D eigenvalue weighted by Crippen LogP contribution is 2.25. The van der Waals surface area contributed by atoms with Crippen molar-refractivity contribution in [3.63, 3.8) is 0 Å². The molecule has 0 spiro atoms. The summed E-state index contributed by atoms with van der Waals surface area (Å²) in [5.74, 6) is 0.00386. The molecule has 1 aromatic heterocycles. The van der Waals surface area contributed by atoms with Gasteiger partial charge in [0.25, 0.3) is 0 Å². The van der Waals surface area contributed by atoms with Gasteiger partial charge in [0.05, 0.1) is 11.4 Å². The van der Waals surface area contributed by atoms with E-state index in [2.05, 4.69) is 29.4 Å². The number of hydrogen-bond acceptors (Lipinski definition) is 5. The molecule has 1 fully saturated rings. The Kier molecular flexibility index (Phi) is 5.13. The molecule has 1 amide bonds. The molecule has 0 aliphatic carbocycles. The lowest BCUT2D eigenvalue weighted by molar-refractivity contribution is -0.134. The smallest absolute Gasteiger partial charge is 0.233 e. The first kappa shape index (κ1) is 16.9. The van der Waals surface area contributed by atoms with E-state index in [1.54, 1.807) is 12.1 Å². The largest absolute Gasteiger partial charge is 0.337 e. The molecule has 1 saturated heterocycles. The van der Waals surface area contributed by atoms with Crippen LogP contribution in [0.2, 0.25) is 0 Å². The number of hydrogen-bond donors (Lipinski definition) is 0. The Morgan fingerprint density at radius 2 is 2.08 bits per heavy atom. The number of nitrogens with zero attached hydrogens (tertiary/aromatic N) is 5. The zero-order valence-corrected chi connectivity index (χ0v) is 14.5. The summed E-state index contributed by atoms with van der Waals surface area (Å²) >= 11 is 1.27. The van der Waals surface area contributed by atoms with Crippen molar-refractivity contribution in [1.29, 1.82) is 0 Å². The van der Waals surface area contributed by atoms with Gasteiger partial charge in [-0.15, -0.1) is 5.10 Å². The van der Waals surface area contributed by atoms with Crippen molar-refractivity contribution in [2.75, 3.05) is 5.75 Å². The van der Waals surface area contributed by atoms with E-state index >= 15 is 0 Å². The van der Waals surface area contributed by atoms with E-state index in [4.69, 9.17) is 0 Å². The zero-order valence-electron chi connectivity index (χ0n) is 13.7. The van der Waals surface area contributed by atoms with Gasteiger partial charge >= 0.3 is 0 Å². The number of rotatable bonds is 4. The van der Waals surface area contributed by atoms with Crippen molar-refractivity contribution in [3.8, 4) is 5.69 Å². The molecule has 1 aromatic carbocycles. The maximum absolute atomic E-state index is 13.4. The predicted molar refractivity (Wildman–Crippen MR) is 89.5 cm³/mol. The molecular formula is C16H20FN5OS. The minimum Gasteiger partial charge on any atom is -0.337 e. The molecule has 2 atom stereocenters. The fourth-order valence-electron chi connectivity index (χ4n) is 3.15. The van der Waals surface area contributed by atoms with Crippen molar-refractivity contribution in [1.82, 2.24) is 25.1 Å². The molecule has 6 nitrogen and oxygen atoms in total. The SMILES string of the molecule is C[C@@H]1CCC[C@H](C)N1C(=O)CSc1nnnn1-c1cccc(F)c1. The number of piperidine rings is 1. The van der Waals surface area contributed by atoms with Crippen molar-refractivity contribution in [2.24, 2.45) is 0 Å². The van der Waals surface area contributed by atoms with Crippen LogP contribution >= 0.6 is 11.8 Å². The molecule has 1 aliphatic heterocycles. The van der Waals surface area contributed by atoms with E-state index in [1.165, 1.54) is 28.6 Å². The van der Waals surface area contributed by atoms with Crippen molar-refractivity contribution in [2.45, 2.75) is 50.4 Å². The van der Waals surface area contributed by atoms with E-state index in [-0.39, 0.29) is 29.6 Å². The lowest BCUT2D eigenvalue weighted by atomic mass is 9.98. The second-order valence-corrected chi connectivity index (χ2v) is 7.01. The van der Waals surface area contributed by atoms with Crippen molar-refractivity contribution in [3.05, 3.63) is 30.1 Å². The van der Waals surface area contributed by atoms with Gasteiger partial charge in [-0.25, -0.2) is 4.39 Å². The van der Waals surface area contributed by atoms with Crippen LogP contribution < -0.4 is 0 Å². The Balaban J connectivity index is 1.69. The molecule has 128 valence electrons. The average molecular weight is 349 g/mol. The van der Waals surface area contributed by atoms with Gasteiger partial charge < -0.3 is 4.90 Å². The number of tetrazole rings is 1. The Bertz CT molecular complexity index is 712. The third-order valence-corrected chi connectivity index (χ3v) is 5.20. The maximum atomic E-state index is 13.4. The van der Waals surface area contributed by atoms with Gasteiger partial charge in [0.1, 0.15) is 5.82 Å². The summed E-state index contributed by atoms with van der Waals surface area (Å²) in [6.07, 6.45) is 3.25. The first-order chi connectivity index (χ1) is 11.6. The summed E-state index contributed by atoms with van der Waals surface area (Å²) in [6.45, 7) is 4.18. The highest BCUT2D eigenvalue weighted by molar-refractivity contribution is 7.99. The standard InChI is InChI=1S/C16H20FN5OS/c1-11-5-3-6-12(2)21(11)15(23)10-24-16-18-19-20-22(16)14-8-4-7-13(17)9-14/h4,7-9,11-12H,3,5-6,10H2,1-2H3/t11-,12+. The summed E-state index contributed by atoms with van der Waals surface area (Å²) in [7, 11) is 0. The second-order valence-electron chi connectivity index (χ2n) is 6.07. The van der Waals surface area contributed by atoms with Gasteiger partial charge in [0, 0.05) is 12.1 Å². The first-order valence-corrected chi connectivity index (χ1v) is 9.03. The minimum absolute atomic E-state index is 0.0912. The van der Waals surface area contributed by atoms with Crippen molar-refractivity contribution < 1.29 is 9.18 Å². The molecule has 3 rings (SSSR count). The van der Waals surface area contributed by atoms with Gasteiger partial charge in [-0.05, 0) is 61.7 Å². The Hall–Kier alpha value is -1.96. The summed E-state index contributed by atoms with van der Waals surface area (Å²) in [6, 6.07) is 6.57. The summed E-state index contributed by atoms with van der Waals surface area (Å²) < 4.78 is 14.8. The van der Waals surface area contributed by atoms with Crippen LogP contribution in [0.4, 0.5) is 4.39 Å². The van der Waals surface area contributed by atoms with Crippen LogP contribution in [0.25, 0.3) is 5.69 Å². The monoisotopic (exact) mass is 349 g/mol.